The van der Waals surface area contributed by atoms with E-state index in [1.165, 1.54) is 9.58 Å². The van der Waals surface area contributed by atoms with E-state index in [9.17, 15) is 19.1 Å². The highest BCUT2D eigenvalue weighted by Gasteiger charge is 2.41. The number of nitrogens with zero attached hydrogens (tertiary/aromatic N) is 7. The van der Waals surface area contributed by atoms with Crippen molar-refractivity contribution < 1.29 is 19.1 Å². The van der Waals surface area contributed by atoms with Crippen LogP contribution in [0.5, 0.6) is 0 Å². The number of rotatable bonds is 6. The van der Waals surface area contributed by atoms with Gasteiger partial charge in [-0.25, -0.2) is 4.39 Å². The van der Waals surface area contributed by atoms with Crippen LogP contribution in [0, 0.1) is 0 Å². The number of benzene rings is 1. The number of halogens is 1. The van der Waals surface area contributed by atoms with Crippen molar-refractivity contribution >= 4 is 22.7 Å². The summed E-state index contributed by atoms with van der Waals surface area (Å²) >= 11 is 0. The zero-order valence-electron chi connectivity index (χ0n) is 22.4. The summed E-state index contributed by atoms with van der Waals surface area (Å²) in [6, 6.07) is 9.69. The molecule has 2 aliphatic heterocycles. The minimum Gasteiger partial charge on any atom is -0.373 e. The Kier molecular flexibility index (Phi) is 7.15. The van der Waals surface area contributed by atoms with Crippen LogP contribution in [-0.2, 0) is 22.7 Å². The molecule has 212 valence electrons. The molecule has 1 saturated heterocycles. The number of hydrogen-bond donors (Lipinski definition) is 3. The van der Waals surface area contributed by atoms with Gasteiger partial charge in [0.25, 0.3) is 0 Å². The Morgan fingerprint density at radius 1 is 1.17 bits per heavy atom. The average molecular weight is 560 g/mol. The van der Waals surface area contributed by atoms with Crippen LogP contribution < -0.4 is 11.1 Å². The minimum atomic E-state index is -1.38. The van der Waals surface area contributed by atoms with Crippen LogP contribution in [0.1, 0.15) is 35.6 Å². The largest absolute Gasteiger partial charge is 0.373 e. The number of alkyl halides is 1. The second kappa shape index (κ2) is 10.9. The van der Waals surface area contributed by atoms with Crippen molar-refractivity contribution in [2.24, 2.45) is 5.73 Å². The number of carbonyl (C=O) groups excluding carboxylic acids is 2. The number of hydrogen-bond acceptors (Lipinski definition) is 9. The summed E-state index contributed by atoms with van der Waals surface area (Å²) < 4.78 is 16.1. The molecule has 4 aromatic rings. The van der Waals surface area contributed by atoms with Crippen molar-refractivity contribution in [3.63, 3.8) is 0 Å². The zero-order valence-corrected chi connectivity index (χ0v) is 22.4. The Morgan fingerprint density at radius 3 is 2.80 bits per heavy atom. The number of aliphatic hydroxyl groups excluding tert-OH is 1. The molecule has 2 amide bonds. The Bertz CT molecular complexity index is 1600. The molecule has 3 aromatic heterocycles. The first-order valence-corrected chi connectivity index (χ1v) is 13.4. The van der Waals surface area contributed by atoms with Crippen molar-refractivity contribution in [3.05, 3.63) is 71.9 Å². The van der Waals surface area contributed by atoms with Crippen LogP contribution in [0.15, 0.2) is 55.0 Å². The topological polar surface area (TPSA) is 155 Å². The molecule has 12 nitrogen and oxygen atoms in total. The Labute approximate surface area is 235 Å². The van der Waals surface area contributed by atoms with Gasteiger partial charge in [-0.15, -0.1) is 0 Å². The number of likely N-dealkylation sites (N-methyl/N-ethyl adjacent to an activating group) is 1. The highest BCUT2D eigenvalue weighted by molar-refractivity contribution is 5.91. The lowest BCUT2D eigenvalue weighted by molar-refractivity contribution is -0.139. The van der Waals surface area contributed by atoms with E-state index < -0.39 is 30.3 Å². The second-order valence-electron chi connectivity index (χ2n) is 10.5. The first kappa shape index (κ1) is 26.9. The van der Waals surface area contributed by atoms with Gasteiger partial charge in [0.2, 0.25) is 11.8 Å². The molecule has 0 radical (unpaired) electrons. The fourth-order valence-electron chi connectivity index (χ4n) is 5.73. The molecule has 41 heavy (non-hydrogen) atoms. The van der Waals surface area contributed by atoms with Gasteiger partial charge >= 0.3 is 0 Å². The number of fused-ring (bicyclic) bond motifs is 2. The normalized spacial score (nSPS) is 21.6. The minimum absolute atomic E-state index is 0.0873. The lowest BCUT2D eigenvalue weighted by Gasteiger charge is -2.33. The maximum absolute atomic E-state index is 14.7. The lowest BCUT2D eigenvalue weighted by atomic mass is 9.99. The number of aliphatic hydroxyl groups is 1. The molecule has 0 aliphatic carbocycles. The van der Waals surface area contributed by atoms with Gasteiger partial charge in [-0.3, -0.25) is 24.2 Å². The molecule has 6 rings (SSSR count). The number of aromatic nitrogens is 5. The molecule has 13 heteroatoms. The van der Waals surface area contributed by atoms with Crippen molar-refractivity contribution in [2.75, 3.05) is 20.1 Å². The molecule has 1 fully saturated rings. The number of nitrogens with one attached hydrogen (secondary N) is 1. The van der Waals surface area contributed by atoms with Gasteiger partial charge in [0.1, 0.15) is 30.7 Å². The highest BCUT2D eigenvalue weighted by Crippen LogP contribution is 2.30. The molecule has 5 heterocycles. The van der Waals surface area contributed by atoms with Gasteiger partial charge in [0, 0.05) is 36.7 Å². The molecule has 2 aliphatic rings. The van der Waals surface area contributed by atoms with Crippen LogP contribution in [0.3, 0.4) is 0 Å². The third kappa shape index (κ3) is 5.26. The van der Waals surface area contributed by atoms with Crippen molar-refractivity contribution in [1.82, 2.24) is 40.1 Å². The maximum Gasteiger partial charge on any atom is 0.245 e. The maximum atomic E-state index is 14.7. The number of pyridine rings is 1. The van der Waals surface area contributed by atoms with E-state index in [2.05, 4.69) is 30.5 Å². The van der Waals surface area contributed by atoms with Gasteiger partial charge < -0.3 is 21.1 Å². The SMILES string of the molecule is CN1Cc2ncccc2C(NC(=O)C2CC(F)CN2C(=O)Cn2nc(C(N)O)c3cc(-c4ccnnc4)ccc32)C1. The van der Waals surface area contributed by atoms with Gasteiger partial charge in [-0.1, -0.05) is 12.1 Å². The van der Waals surface area contributed by atoms with E-state index in [0.29, 0.717) is 24.0 Å². The molecule has 4 unspecified atom stereocenters. The summed E-state index contributed by atoms with van der Waals surface area (Å²) in [6.45, 7) is 0.797. The van der Waals surface area contributed by atoms with Crippen LogP contribution in [0.4, 0.5) is 4.39 Å². The molecular formula is C28H30FN9O3. The summed E-state index contributed by atoms with van der Waals surface area (Å²) in [7, 11) is 1.94. The monoisotopic (exact) mass is 559 g/mol. The van der Waals surface area contributed by atoms with Gasteiger partial charge in [-0.05, 0) is 42.4 Å². The molecule has 4 N–H and O–H groups in total. The average Bonchev–Trinajstić information content (AvgIpc) is 3.54. The molecule has 1 aromatic carbocycles. The number of carbonyl (C=O) groups is 2. The zero-order chi connectivity index (χ0) is 28.7. The second-order valence-corrected chi connectivity index (χ2v) is 10.5. The quantitative estimate of drug-likeness (QED) is 0.294. The van der Waals surface area contributed by atoms with Crippen molar-refractivity contribution in [1.29, 1.82) is 0 Å². The van der Waals surface area contributed by atoms with E-state index in [-0.39, 0.29) is 31.2 Å². The number of nitrogens with two attached hydrogens (primary N) is 1. The fourth-order valence-corrected chi connectivity index (χ4v) is 5.73. The summed E-state index contributed by atoms with van der Waals surface area (Å²) in [6.07, 6.45) is 2.10. The van der Waals surface area contributed by atoms with Crippen LogP contribution in [0.25, 0.3) is 22.0 Å². The van der Waals surface area contributed by atoms with E-state index in [4.69, 9.17) is 5.73 Å². The van der Waals surface area contributed by atoms with E-state index in [1.807, 2.05) is 31.3 Å². The first-order valence-electron chi connectivity index (χ1n) is 13.4. The third-order valence-corrected chi connectivity index (χ3v) is 7.67. The van der Waals surface area contributed by atoms with Gasteiger partial charge in [0.05, 0.1) is 36.2 Å². The lowest BCUT2D eigenvalue weighted by Crippen LogP contribution is -2.50. The molecular weight excluding hydrogens is 529 g/mol. The summed E-state index contributed by atoms with van der Waals surface area (Å²) in [5.74, 6) is -0.870. The first-order chi connectivity index (χ1) is 19.8. The van der Waals surface area contributed by atoms with Gasteiger partial charge in [0.15, 0.2) is 0 Å². The predicted molar refractivity (Wildman–Crippen MR) is 146 cm³/mol. The van der Waals surface area contributed by atoms with E-state index in [0.717, 1.165) is 22.4 Å². The van der Waals surface area contributed by atoms with Crippen LogP contribution in [0.2, 0.25) is 0 Å². The van der Waals surface area contributed by atoms with Crippen LogP contribution in [-0.4, -0.2) is 84.0 Å². The Balaban J connectivity index is 1.24. The van der Waals surface area contributed by atoms with Crippen molar-refractivity contribution in [3.8, 4) is 11.1 Å². The fraction of sp³-hybridized carbons (Fsp3) is 0.357. The molecule has 0 spiro atoms. The smallest absolute Gasteiger partial charge is 0.245 e. The number of likely N-dealkylation sites (tertiary alicyclic amines) is 1. The van der Waals surface area contributed by atoms with E-state index in [1.54, 1.807) is 30.7 Å². The molecule has 0 saturated carbocycles. The summed E-state index contributed by atoms with van der Waals surface area (Å²) in [5.41, 5.74) is 9.98. The third-order valence-electron chi connectivity index (χ3n) is 7.67. The predicted octanol–water partition coefficient (Wildman–Crippen LogP) is 1.08. The molecule has 0 bridgehead atoms. The molecule has 4 atom stereocenters. The van der Waals surface area contributed by atoms with Crippen molar-refractivity contribution in [2.45, 2.75) is 44.0 Å². The Hall–Kier alpha value is -4.33. The Morgan fingerprint density at radius 2 is 2.02 bits per heavy atom. The summed E-state index contributed by atoms with van der Waals surface area (Å²) in [4.78, 5) is 34.7. The highest BCUT2D eigenvalue weighted by atomic mass is 19.1. The standard InChI is InChI=1S/C28H30FN9O3/c1-36-13-21-19(3-2-7-31-21)22(14-36)34-28(41)24-10-18(29)12-37(24)25(39)15-38-23-5-4-16(17-6-8-32-33-11-17)9-20(23)26(35-38)27(30)40/h2-9,11,18,22,24,27,40H,10,12-15,30H2,1H3,(H,34,41). The van der Waals surface area contributed by atoms with Crippen LogP contribution >= 0.6 is 0 Å². The number of amides is 2. The van der Waals surface area contributed by atoms with Gasteiger partial charge in [-0.2, -0.15) is 15.3 Å². The summed E-state index contributed by atoms with van der Waals surface area (Å²) in [5, 5.41) is 25.9. The van der Waals surface area contributed by atoms with E-state index >= 15 is 0 Å².